The number of imidazole rings is 2. The summed E-state index contributed by atoms with van der Waals surface area (Å²) in [6.07, 6.45) is 5.93. The number of nitrogens with one attached hydrogen (secondary N) is 1. The molecule has 0 spiro atoms. The normalized spacial score (nSPS) is 11.2. The highest BCUT2D eigenvalue weighted by atomic mass is 15.1. The maximum Gasteiger partial charge on any atom is 0.222 e. The first-order chi connectivity index (χ1) is 8.78. The van der Waals surface area contributed by atoms with Crippen molar-refractivity contribution < 1.29 is 0 Å². The van der Waals surface area contributed by atoms with E-state index in [-0.39, 0.29) is 5.95 Å². The van der Waals surface area contributed by atoms with Crippen molar-refractivity contribution in [2.75, 3.05) is 5.73 Å². The van der Waals surface area contributed by atoms with Crippen LogP contribution in [-0.2, 0) is 13.0 Å². The SMILES string of the molecule is CCn1ccnc1Cc1nc(N)nc2nc[nH]c12. The average Bonchev–Trinajstić information content (AvgIpc) is 2.96. The van der Waals surface area contributed by atoms with E-state index in [1.165, 1.54) is 0 Å². The van der Waals surface area contributed by atoms with Gasteiger partial charge in [-0.2, -0.15) is 4.98 Å². The van der Waals surface area contributed by atoms with Crippen LogP contribution in [0, 0.1) is 0 Å². The van der Waals surface area contributed by atoms with Crippen LogP contribution in [0.5, 0.6) is 0 Å². The van der Waals surface area contributed by atoms with E-state index in [0.717, 1.165) is 23.6 Å². The van der Waals surface area contributed by atoms with Gasteiger partial charge in [0, 0.05) is 18.9 Å². The van der Waals surface area contributed by atoms with Crippen molar-refractivity contribution in [1.29, 1.82) is 0 Å². The molecule has 3 aromatic heterocycles. The first-order valence-corrected chi connectivity index (χ1v) is 5.73. The Morgan fingerprint density at radius 3 is 3.06 bits per heavy atom. The van der Waals surface area contributed by atoms with Crippen molar-refractivity contribution in [3.05, 3.63) is 30.2 Å². The van der Waals surface area contributed by atoms with E-state index < -0.39 is 0 Å². The Labute approximate surface area is 103 Å². The number of nitrogens with zero attached hydrogens (tertiary/aromatic N) is 5. The fraction of sp³-hybridized carbons (Fsp3) is 0.273. The predicted octanol–water partition coefficient (Wildman–Crippen LogP) is 0.742. The molecule has 0 aliphatic rings. The molecule has 3 N–H and O–H groups in total. The Morgan fingerprint density at radius 1 is 1.33 bits per heavy atom. The number of aromatic amines is 1. The van der Waals surface area contributed by atoms with Crippen LogP contribution < -0.4 is 5.73 Å². The summed E-state index contributed by atoms with van der Waals surface area (Å²) >= 11 is 0. The monoisotopic (exact) mass is 243 g/mol. The van der Waals surface area contributed by atoms with E-state index in [9.17, 15) is 0 Å². The summed E-state index contributed by atoms with van der Waals surface area (Å²) in [6.45, 7) is 2.95. The number of H-pyrrole nitrogens is 1. The summed E-state index contributed by atoms with van der Waals surface area (Å²) in [6, 6.07) is 0. The van der Waals surface area contributed by atoms with Crippen LogP contribution in [-0.4, -0.2) is 29.5 Å². The van der Waals surface area contributed by atoms with Crippen molar-refractivity contribution in [2.24, 2.45) is 0 Å². The summed E-state index contributed by atoms with van der Waals surface area (Å²) in [4.78, 5) is 19.8. The van der Waals surface area contributed by atoms with Crippen molar-refractivity contribution in [3.8, 4) is 0 Å². The van der Waals surface area contributed by atoms with Crippen LogP contribution in [0.4, 0.5) is 5.95 Å². The standard InChI is InChI=1S/C11H13N7/c1-2-18-4-3-13-8(18)5-7-9-10(15-6-14-9)17-11(12)16-7/h3-4,6H,2,5H2,1H3,(H3,12,14,15,16,17). The second kappa shape index (κ2) is 4.10. The molecule has 0 bridgehead atoms. The van der Waals surface area contributed by atoms with Crippen molar-refractivity contribution in [2.45, 2.75) is 19.9 Å². The molecular weight excluding hydrogens is 230 g/mol. The quantitative estimate of drug-likeness (QED) is 0.707. The lowest BCUT2D eigenvalue weighted by atomic mass is 10.2. The predicted molar refractivity (Wildman–Crippen MR) is 66.8 cm³/mol. The third-order valence-corrected chi connectivity index (χ3v) is 2.85. The highest BCUT2D eigenvalue weighted by Gasteiger charge is 2.11. The number of aryl methyl sites for hydroxylation is 1. The van der Waals surface area contributed by atoms with Gasteiger partial charge >= 0.3 is 0 Å². The number of rotatable bonds is 3. The highest BCUT2D eigenvalue weighted by molar-refractivity contribution is 5.74. The molecule has 7 nitrogen and oxygen atoms in total. The minimum atomic E-state index is 0.235. The molecule has 7 heteroatoms. The Kier molecular flexibility index (Phi) is 2.44. The van der Waals surface area contributed by atoms with Gasteiger partial charge in [-0.1, -0.05) is 0 Å². The molecule has 92 valence electrons. The van der Waals surface area contributed by atoms with E-state index in [1.807, 2.05) is 6.20 Å². The molecule has 0 fully saturated rings. The summed E-state index contributed by atoms with van der Waals surface area (Å²) in [5.41, 5.74) is 7.90. The Balaban J connectivity index is 2.06. The summed E-state index contributed by atoms with van der Waals surface area (Å²) < 4.78 is 2.07. The topological polar surface area (TPSA) is 98.3 Å². The smallest absolute Gasteiger partial charge is 0.222 e. The number of fused-ring (bicyclic) bond motifs is 1. The van der Waals surface area contributed by atoms with Gasteiger partial charge in [-0.05, 0) is 6.92 Å². The number of anilines is 1. The largest absolute Gasteiger partial charge is 0.368 e. The number of aromatic nitrogens is 6. The van der Waals surface area contributed by atoms with Crippen LogP contribution in [0.1, 0.15) is 18.4 Å². The lowest BCUT2D eigenvalue weighted by molar-refractivity contribution is 0.709. The van der Waals surface area contributed by atoms with Gasteiger partial charge in [0.2, 0.25) is 5.95 Å². The molecule has 0 aromatic carbocycles. The van der Waals surface area contributed by atoms with E-state index in [4.69, 9.17) is 5.73 Å². The van der Waals surface area contributed by atoms with Crippen LogP contribution in [0.25, 0.3) is 11.2 Å². The van der Waals surface area contributed by atoms with Crippen molar-refractivity contribution in [3.63, 3.8) is 0 Å². The summed E-state index contributed by atoms with van der Waals surface area (Å²) in [5, 5.41) is 0. The van der Waals surface area contributed by atoms with Gasteiger partial charge < -0.3 is 15.3 Å². The maximum atomic E-state index is 5.68. The zero-order valence-corrected chi connectivity index (χ0v) is 9.96. The van der Waals surface area contributed by atoms with E-state index in [2.05, 4.69) is 36.4 Å². The maximum absolute atomic E-state index is 5.68. The molecule has 3 heterocycles. The zero-order chi connectivity index (χ0) is 12.5. The number of hydrogen-bond donors (Lipinski definition) is 2. The second-order valence-electron chi connectivity index (χ2n) is 3.94. The second-order valence-corrected chi connectivity index (χ2v) is 3.94. The van der Waals surface area contributed by atoms with Crippen LogP contribution in [0.2, 0.25) is 0 Å². The fourth-order valence-electron chi connectivity index (χ4n) is 1.98. The third kappa shape index (κ3) is 1.69. The van der Waals surface area contributed by atoms with Gasteiger partial charge in [0.25, 0.3) is 0 Å². The third-order valence-electron chi connectivity index (χ3n) is 2.85. The molecule has 0 aliphatic carbocycles. The van der Waals surface area contributed by atoms with Crippen LogP contribution >= 0.6 is 0 Å². The highest BCUT2D eigenvalue weighted by Crippen LogP contribution is 2.15. The van der Waals surface area contributed by atoms with Gasteiger partial charge in [0.05, 0.1) is 18.4 Å². The van der Waals surface area contributed by atoms with Crippen molar-refractivity contribution in [1.82, 2.24) is 29.5 Å². The molecule has 0 unspecified atom stereocenters. The Hall–Kier alpha value is -2.44. The molecular formula is C11H13N7. The van der Waals surface area contributed by atoms with Gasteiger partial charge in [-0.3, -0.25) is 0 Å². The Morgan fingerprint density at radius 2 is 2.22 bits per heavy atom. The fourth-order valence-corrected chi connectivity index (χ4v) is 1.98. The lowest BCUT2D eigenvalue weighted by Crippen LogP contribution is -2.06. The number of nitrogen functional groups attached to an aromatic ring is 1. The molecule has 0 saturated carbocycles. The number of hydrogen-bond acceptors (Lipinski definition) is 5. The zero-order valence-electron chi connectivity index (χ0n) is 9.96. The van der Waals surface area contributed by atoms with Gasteiger partial charge in [-0.25, -0.2) is 15.0 Å². The molecule has 3 rings (SSSR count). The number of nitrogens with two attached hydrogens (primary N) is 1. The van der Waals surface area contributed by atoms with Crippen LogP contribution in [0.15, 0.2) is 18.7 Å². The van der Waals surface area contributed by atoms with E-state index in [0.29, 0.717) is 12.1 Å². The summed E-state index contributed by atoms with van der Waals surface area (Å²) in [7, 11) is 0. The molecule has 3 aromatic rings. The van der Waals surface area contributed by atoms with Gasteiger partial charge in [0.15, 0.2) is 5.65 Å². The molecule has 0 radical (unpaired) electrons. The van der Waals surface area contributed by atoms with Crippen LogP contribution in [0.3, 0.4) is 0 Å². The minimum Gasteiger partial charge on any atom is -0.368 e. The summed E-state index contributed by atoms with van der Waals surface area (Å²) in [5.74, 6) is 1.19. The van der Waals surface area contributed by atoms with Gasteiger partial charge in [-0.15, -0.1) is 0 Å². The molecule has 0 saturated heterocycles. The van der Waals surface area contributed by atoms with Crippen molar-refractivity contribution >= 4 is 17.1 Å². The molecule has 18 heavy (non-hydrogen) atoms. The van der Waals surface area contributed by atoms with E-state index in [1.54, 1.807) is 12.5 Å². The molecule has 0 aliphatic heterocycles. The minimum absolute atomic E-state index is 0.235. The van der Waals surface area contributed by atoms with Gasteiger partial charge in [0.1, 0.15) is 11.3 Å². The Bertz CT molecular complexity index is 682. The lowest BCUT2D eigenvalue weighted by Gasteiger charge is -2.05. The average molecular weight is 243 g/mol. The molecule has 0 atom stereocenters. The molecule has 0 amide bonds. The van der Waals surface area contributed by atoms with E-state index >= 15 is 0 Å². The first-order valence-electron chi connectivity index (χ1n) is 5.73. The first kappa shape index (κ1) is 10.7.